The van der Waals surface area contributed by atoms with Crippen LogP contribution in [-0.2, 0) is 14.3 Å². The van der Waals surface area contributed by atoms with Crippen LogP contribution >= 0.6 is 0 Å². The van der Waals surface area contributed by atoms with Crippen LogP contribution in [0.5, 0.6) is 0 Å². The molecule has 1 saturated heterocycles. The number of hydrogen-bond acceptors (Lipinski definition) is 8. The average Bonchev–Trinajstić information content (AvgIpc) is 3.34. The van der Waals surface area contributed by atoms with Gasteiger partial charge in [-0.1, -0.05) is 220 Å². The van der Waals surface area contributed by atoms with Crippen molar-refractivity contribution in [3.05, 3.63) is 109 Å². The fourth-order valence-electron chi connectivity index (χ4n) is 7.78. The summed E-state index contributed by atoms with van der Waals surface area (Å²) in [4.78, 5) is 12.9. The minimum absolute atomic E-state index is 0.195. The zero-order valence-electron chi connectivity index (χ0n) is 42.8. The first-order chi connectivity index (χ1) is 33.3. The lowest BCUT2D eigenvalue weighted by atomic mass is 9.99. The zero-order chi connectivity index (χ0) is 49.4. The molecule has 7 atom stereocenters. The minimum Gasteiger partial charge on any atom is -0.394 e. The van der Waals surface area contributed by atoms with Crippen molar-refractivity contribution in [1.29, 1.82) is 0 Å². The van der Waals surface area contributed by atoms with E-state index in [1.807, 2.05) is 6.08 Å². The summed E-state index contributed by atoms with van der Waals surface area (Å²) in [5, 5.41) is 54.0. The first-order valence-electron chi connectivity index (χ1n) is 27.1. The third-order valence-corrected chi connectivity index (χ3v) is 12.1. The topological polar surface area (TPSA) is 149 Å². The largest absolute Gasteiger partial charge is 0.394 e. The van der Waals surface area contributed by atoms with Crippen molar-refractivity contribution in [3.8, 4) is 0 Å². The summed E-state index contributed by atoms with van der Waals surface area (Å²) in [6.45, 7) is 3.55. The van der Waals surface area contributed by atoms with Gasteiger partial charge in [-0.3, -0.25) is 4.79 Å². The Morgan fingerprint density at radius 2 is 0.926 bits per heavy atom. The van der Waals surface area contributed by atoms with E-state index in [0.29, 0.717) is 6.42 Å². The first kappa shape index (κ1) is 62.9. The van der Waals surface area contributed by atoms with Crippen molar-refractivity contribution in [1.82, 2.24) is 5.32 Å². The summed E-state index contributed by atoms with van der Waals surface area (Å²) in [5.74, 6) is -0.195. The number of aliphatic hydroxyl groups is 5. The Hall–Kier alpha value is -3.15. The third-order valence-electron chi connectivity index (χ3n) is 12.1. The van der Waals surface area contributed by atoms with Gasteiger partial charge in [0.1, 0.15) is 24.4 Å². The Morgan fingerprint density at radius 1 is 0.515 bits per heavy atom. The zero-order valence-corrected chi connectivity index (χ0v) is 42.8. The number of amides is 1. The monoisotopic (exact) mass is 950 g/mol. The van der Waals surface area contributed by atoms with Gasteiger partial charge in [0.15, 0.2) is 6.29 Å². The molecule has 0 bridgehead atoms. The van der Waals surface area contributed by atoms with Crippen LogP contribution in [0.25, 0.3) is 0 Å². The van der Waals surface area contributed by atoms with E-state index in [0.717, 1.165) is 96.3 Å². The second-order valence-corrected chi connectivity index (χ2v) is 18.3. The van der Waals surface area contributed by atoms with Crippen molar-refractivity contribution in [3.63, 3.8) is 0 Å². The molecule has 9 nitrogen and oxygen atoms in total. The van der Waals surface area contributed by atoms with Gasteiger partial charge in [0.25, 0.3) is 0 Å². The van der Waals surface area contributed by atoms with Crippen molar-refractivity contribution in [2.45, 2.75) is 243 Å². The highest BCUT2D eigenvalue weighted by atomic mass is 16.7. The molecule has 0 radical (unpaired) electrons. The van der Waals surface area contributed by atoms with Gasteiger partial charge in [-0.25, -0.2) is 0 Å². The van der Waals surface area contributed by atoms with Crippen LogP contribution in [0, 0.1) is 0 Å². The van der Waals surface area contributed by atoms with E-state index in [-0.39, 0.29) is 12.5 Å². The molecule has 1 amide bonds. The van der Waals surface area contributed by atoms with E-state index in [9.17, 15) is 30.3 Å². The summed E-state index contributed by atoms with van der Waals surface area (Å²) >= 11 is 0. The van der Waals surface area contributed by atoms with Gasteiger partial charge in [0.2, 0.25) is 5.91 Å². The van der Waals surface area contributed by atoms with Gasteiger partial charge < -0.3 is 40.3 Å². The molecule has 68 heavy (non-hydrogen) atoms. The van der Waals surface area contributed by atoms with Gasteiger partial charge in [0.05, 0.1) is 25.4 Å². The molecular formula is C59H99NO8. The highest BCUT2D eigenvalue weighted by Gasteiger charge is 2.44. The maximum Gasteiger partial charge on any atom is 0.220 e. The van der Waals surface area contributed by atoms with Crippen LogP contribution in [0.2, 0.25) is 0 Å². The summed E-state index contributed by atoms with van der Waals surface area (Å²) in [6.07, 6.45) is 63.3. The van der Waals surface area contributed by atoms with Gasteiger partial charge >= 0.3 is 0 Å². The molecule has 6 N–H and O–H groups in total. The first-order valence-corrected chi connectivity index (χ1v) is 27.1. The molecule has 1 aliphatic heterocycles. The van der Waals surface area contributed by atoms with Crippen molar-refractivity contribution in [2.75, 3.05) is 13.2 Å². The van der Waals surface area contributed by atoms with E-state index < -0.39 is 49.5 Å². The summed E-state index contributed by atoms with van der Waals surface area (Å²) in [7, 11) is 0. The predicted octanol–water partition coefficient (Wildman–Crippen LogP) is 13.0. The smallest absolute Gasteiger partial charge is 0.220 e. The highest BCUT2D eigenvalue weighted by molar-refractivity contribution is 5.76. The predicted molar refractivity (Wildman–Crippen MR) is 285 cm³/mol. The van der Waals surface area contributed by atoms with Gasteiger partial charge in [-0.2, -0.15) is 0 Å². The lowest BCUT2D eigenvalue weighted by molar-refractivity contribution is -0.302. The number of nitrogens with one attached hydrogen (secondary N) is 1. The SMILES string of the molecule is CC/C=C\C/C=C\C/C=C\C/C=C\C/C=C\C/C=C\C/C=C\CCCCCCCCCCCCCCCCCC(=O)NC(COC1OC(CO)C(O)C(O)C1O)C(O)/C=C/CC/C=C/CCCC. The number of carbonyl (C=O) groups is 1. The maximum absolute atomic E-state index is 12.9. The average molecular weight is 950 g/mol. The normalized spacial score (nSPS) is 20.5. The summed E-state index contributed by atoms with van der Waals surface area (Å²) < 4.78 is 11.2. The molecule has 9 heteroatoms. The Bertz CT molecular complexity index is 1430. The second kappa shape index (κ2) is 47.5. The lowest BCUT2D eigenvalue weighted by Crippen LogP contribution is -2.60. The van der Waals surface area contributed by atoms with Crippen LogP contribution in [0.4, 0.5) is 0 Å². The minimum atomic E-state index is -1.57. The van der Waals surface area contributed by atoms with Gasteiger partial charge in [0, 0.05) is 6.42 Å². The fraction of sp³-hybridized carbons (Fsp3) is 0.678. The van der Waals surface area contributed by atoms with Crippen LogP contribution in [0.1, 0.15) is 200 Å². The molecule has 0 saturated carbocycles. The van der Waals surface area contributed by atoms with Gasteiger partial charge in [-0.05, 0) is 83.5 Å². The fourth-order valence-corrected chi connectivity index (χ4v) is 7.78. The molecule has 388 valence electrons. The van der Waals surface area contributed by atoms with Crippen LogP contribution in [0.3, 0.4) is 0 Å². The molecule has 1 fully saturated rings. The van der Waals surface area contributed by atoms with E-state index in [4.69, 9.17) is 9.47 Å². The third kappa shape index (κ3) is 36.8. The van der Waals surface area contributed by atoms with Crippen LogP contribution < -0.4 is 5.32 Å². The number of rotatable bonds is 44. The van der Waals surface area contributed by atoms with Crippen molar-refractivity contribution >= 4 is 5.91 Å². The Kier molecular flexibility index (Phi) is 43.9. The molecule has 1 rings (SSSR count). The van der Waals surface area contributed by atoms with Crippen molar-refractivity contribution < 1.29 is 39.8 Å². The van der Waals surface area contributed by atoms with Crippen LogP contribution in [0.15, 0.2) is 109 Å². The van der Waals surface area contributed by atoms with Gasteiger partial charge in [-0.15, -0.1) is 0 Å². The molecule has 1 heterocycles. The molecule has 0 aromatic carbocycles. The lowest BCUT2D eigenvalue weighted by Gasteiger charge is -2.40. The number of unbranched alkanes of at least 4 members (excludes halogenated alkanes) is 18. The standard InChI is InChI=1S/C59H99NO8/c1-3-5-7-9-11-13-14-15-16-17-18-19-20-21-22-23-24-25-26-27-28-29-30-31-32-33-34-35-36-37-38-39-40-41-43-45-47-49-55(63)60-52(53(62)48-46-44-42-12-10-8-6-4-2)51-67-59-58(66)57(65)56(64)54(50-61)68-59/h5,7,10-13,15-16,18-19,21-22,24-25,27-28,46,48,52-54,56-59,61-62,64-66H,3-4,6,8-9,14,17,20,23,26,29-45,47,49-51H2,1-2H3,(H,60,63)/b7-5-,12-10+,13-11-,16-15-,19-18-,22-21-,25-24-,28-27-,48-46+. The van der Waals surface area contributed by atoms with E-state index in [1.54, 1.807) is 6.08 Å². The quantitative estimate of drug-likeness (QED) is 0.0261. The number of aliphatic hydroxyl groups excluding tert-OH is 5. The Labute approximate surface area is 415 Å². The van der Waals surface area contributed by atoms with E-state index in [1.165, 1.54) is 83.5 Å². The molecule has 1 aliphatic rings. The molecule has 7 unspecified atom stereocenters. The molecule has 0 aromatic rings. The number of allylic oxidation sites excluding steroid dienone is 17. The number of ether oxygens (including phenoxy) is 2. The second-order valence-electron chi connectivity index (χ2n) is 18.3. The Morgan fingerprint density at radius 3 is 1.41 bits per heavy atom. The number of hydrogen-bond donors (Lipinski definition) is 6. The molecular weight excluding hydrogens is 851 g/mol. The number of carbonyl (C=O) groups excluding carboxylic acids is 1. The summed E-state index contributed by atoms with van der Waals surface area (Å²) in [6, 6.07) is -0.824. The van der Waals surface area contributed by atoms with E-state index >= 15 is 0 Å². The highest BCUT2D eigenvalue weighted by Crippen LogP contribution is 2.22. The molecule has 0 aliphatic carbocycles. The van der Waals surface area contributed by atoms with Crippen molar-refractivity contribution in [2.24, 2.45) is 0 Å². The van der Waals surface area contributed by atoms with E-state index in [2.05, 4.69) is 116 Å². The molecule has 0 aromatic heterocycles. The molecule has 0 spiro atoms. The Balaban J connectivity index is 2.08. The van der Waals surface area contributed by atoms with Crippen LogP contribution in [-0.4, -0.2) is 87.5 Å². The summed E-state index contributed by atoms with van der Waals surface area (Å²) in [5.41, 5.74) is 0. The maximum atomic E-state index is 12.9.